The van der Waals surface area contributed by atoms with Crippen molar-refractivity contribution in [1.82, 2.24) is 20.2 Å². The van der Waals surface area contributed by atoms with Crippen molar-refractivity contribution in [2.24, 2.45) is 11.8 Å². The van der Waals surface area contributed by atoms with Gasteiger partial charge in [0.2, 0.25) is 0 Å². The molecule has 2 aliphatic rings. The van der Waals surface area contributed by atoms with Gasteiger partial charge in [-0.05, 0) is 65.9 Å². The van der Waals surface area contributed by atoms with Crippen LogP contribution in [0, 0.1) is 17.7 Å². The highest BCUT2D eigenvalue weighted by Gasteiger charge is 2.38. The Hall–Kier alpha value is -3.88. The Bertz CT molecular complexity index is 1660. The zero-order valence-electron chi connectivity index (χ0n) is 19.9. The molecular formula is C29H24FN5OS. The van der Waals surface area contributed by atoms with Crippen LogP contribution in [0.2, 0.25) is 0 Å². The fraction of sp³-hybridized carbons (Fsp3) is 0.207. The molecule has 6 nitrogen and oxygen atoms in total. The molecule has 0 bridgehead atoms. The largest absolute Gasteiger partial charge is 0.355 e. The number of pyridine rings is 1. The summed E-state index contributed by atoms with van der Waals surface area (Å²) in [4.78, 5) is 23.8. The number of aromatic nitrogens is 2. The maximum absolute atomic E-state index is 15.4. The highest BCUT2D eigenvalue weighted by molar-refractivity contribution is 7.16. The Morgan fingerprint density at radius 3 is 2.68 bits per heavy atom. The number of nitrogens with one attached hydrogen (secondary N) is 2. The second-order valence-corrected chi connectivity index (χ2v) is 10.7. The maximum Gasteiger partial charge on any atom is 0.253 e. The van der Waals surface area contributed by atoms with Gasteiger partial charge in [0.1, 0.15) is 5.82 Å². The number of hydrogen-bond acceptors (Lipinski definition) is 6. The summed E-state index contributed by atoms with van der Waals surface area (Å²) < 4.78 is 16.5. The van der Waals surface area contributed by atoms with Crippen molar-refractivity contribution in [1.29, 1.82) is 0 Å². The molecule has 2 aliphatic heterocycles. The van der Waals surface area contributed by atoms with Crippen LogP contribution in [0.5, 0.6) is 0 Å². The summed E-state index contributed by atoms with van der Waals surface area (Å²) in [5, 5.41) is 7.74. The van der Waals surface area contributed by atoms with Crippen molar-refractivity contribution in [3.05, 3.63) is 83.8 Å². The number of amides is 1. The Kier molecular flexibility index (Phi) is 5.37. The highest BCUT2D eigenvalue weighted by atomic mass is 32.1. The molecule has 4 heterocycles. The average Bonchev–Trinajstić information content (AvgIpc) is 3.65. The van der Waals surface area contributed by atoms with E-state index < -0.39 is 5.82 Å². The van der Waals surface area contributed by atoms with Crippen molar-refractivity contribution in [3.63, 3.8) is 0 Å². The van der Waals surface area contributed by atoms with Crippen LogP contribution >= 0.6 is 11.3 Å². The fourth-order valence-corrected chi connectivity index (χ4v) is 6.26. The predicted molar refractivity (Wildman–Crippen MR) is 146 cm³/mol. The second-order valence-electron chi connectivity index (χ2n) is 9.83. The monoisotopic (exact) mass is 509 g/mol. The molecule has 0 spiro atoms. The zero-order chi connectivity index (χ0) is 24.9. The summed E-state index contributed by atoms with van der Waals surface area (Å²) in [7, 11) is 0. The first kappa shape index (κ1) is 22.3. The van der Waals surface area contributed by atoms with Gasteiger partial charge in [-0.15, -0.1) is 11.3 Å². The minimum absolute atomic E-state index is 0.0915. The van der Waals surface area contributed by atoms with Gasteiger partial charge in [0.15, 0.2) is 0 Å². The van der Waals surface area contributed by atoms with E-state index in [0.29, 0.717) is 23.0 Å². The summed E-state index contributed by atoms with van der Waals surface area (Å²) in [6.07, 6.45) is 1.76. The van der Waals surface area contributed by atoms with Crippen LogP contribution < -0.4 is 10.6 Å². The van der Waals surface area contributed by atoms with E-state index in [1.165, 1.54) is 6.07 Å². The number of carbonyl (C=O) groups is 1. The number of benzene rings is 3. The van der Waals surface area contributed by atoms with Crippen molar-refractivity contribution < 1.29 is 9.18 Å². The van der Waals surface area contributed by atoms with Crippen molar-refractivity contribution in [2.45, 2.75) is 0 Å². The molecule has 0 radical (unpaired) electrons. The van der Waals surface area contributed by atoms with Gasteiger partial charge in [0, 0.05) is 60.3 Å². The van der Waals surface area contributed by atoms with Crippen LogP contribution in [-0.2, 0) is 0 Å². The summed E-state index contributed by atoms with van der Waals surface area (Å²) in [5.74, 6) is 0.515. The number of hydrogen-bond donors (Lipinski definition) is 2. The van der Waals surface area contributed by atoms with Crippen LogP contribution in [-0.4, -0.2) is 47.0 Å². The normalized spacial score (nSPS) is 19.0. The number of halogens is 1. The second kappa shape index (κ2) is 8.90. The SMILES string of the molecule is O=C(c1ccc(-c2ccc3nccc(Nc4ccc5scnc5c4)c3c2)c(F)c1)N1C[C@H]2CNC[C@H]2C1. The zero-order valence-corrected chi connectivity index (χ0v) is 20.8. The van der Waals surface area contributed by atoms with Gasteiger partial charge < -0.3 is 15.5 Å². The van der Waals surface area contributed by atoms with Gasteiger partial charge in [0.25, 0.3) is 5.91 Å². The van der Waals surface area contributed by atoms with Gasteiger partial charge in [-0.1, -0.05) is 12.1 Å². The minimum atomic E-state index is -0.404. The Morgan fingerprint density at radius 1 is 0.973 bits per heavy atom. The fourth-order valence-electron chi connectivity index (χ4n) is 5.60. The molecule has 3 aromatic carbocycles. The number of thiazole rings is 1. The van der Waals surface area contributed by atoms with Crippen LogP contribution in [0.25, 0.3) is 32.2 Å². The van der Waals surface area contributed by atoms with E-state index in [9.17, 15) is 4.79 Å². The maximum atomic E-state index is 15.4. The van der Waals surface area contributed by atoms with E-state index in [1.54, 1.807) is 29.7 Å². The molecule has 184 valence electrons. The van der Waals surface area contributed by atoms with E-state index in [-0.39, 0.29) is 5.91 Å². The molecule has 2 N–H and O–H groups in total. The van der Waals surface area contributed by atoms with E-state index in [2.05, 4.69) is 20.6 Å². The van der Waals surface area contributed by atoms with Crippen molar-refractivity contribution in [2.75, 3.05) is 31.5 Å². The summed E-state index contributed by atoms with van der Waals surface area (Å²) in [6, 6.07) is 18.5. The molecule has 2 saturated heterocycles. The highest BCUT2D eigenvalue weighted by Crippen LogP contribution is 2.33. The van der Waals surface area contributed by atoms with Crippen LogP contribution in [0.3, 0.4) is 0 Å². The molecule has 5 aromatic rings. The lowest BCUT2D eigenvalue weighted by Crippen LogP contribution is -2.31. The molecule has 0 unspecified atom stereocenters. The minimum Gasteiger partial charge on any atom is -0.355 e. The van der Waals surface area contributed by atoms with Crippen LogP contribution in [0.15, 0.2) is 72.4 Å². The number of fused-ring (bicyclic) bond motifs is 3. The topological polar surface area (TPSA) is 70.2 Å². The van der Waals surface area contributed by atoms with Gasteiger partial charge in [-0.25, -0.2) is 9.37 Å². The predicted octanol–water partition coefficient (Wildman–Crippen LogP) is 5.69. The molecule has 2 aromatic heterocycles. The number of likely N-dealkylation sites (tertiary alicyclic amines) is 1. The Labute approximate surface area is 217 Å². The van der Waals surface area contributed by atoms with Crippen LogP contribution in [0.4, 0.5) is 15.8 Å². The average molecular weight is 510 g/mol. The Balaban J connectivity index is 1.18. The molecule has 0 saturated carbocycles. The quantitative estimate of drug-likeness (QED) is 0.326. The molecule has 8 heteroatoms. The number of carbonyl (C=O) groups excluding carboxylic acids is 1. The molecule has 37 heavy (non-hydrogen) atoms. The molecule has 2 fully saturated rings. The van der Waals surface area contributed by atoms with Gasteiger partial charge in [0.05, 0.1) is 21.2 Å². The third kappa shape index (κ3) is 4.02. The van der Waals surface area contributed by atoms with Gasteiger partial charge >= 0.3 is 0 Å². The smallest absolute Gasteiger partial charge is 0.253 e. The first-order valence-corrected chi connectivity index (χ1v) is 13.3. The molecule has 1 amide bonds. The summed E-state index contributed by atoms with van der Waals surface area (Å²) >= 11 is 1.61. The van der Waals surface area contributed by atoms with Crippen molar-refractivity contribution >= 4 is 49.7 Å². The standard InChI is InChI=1S/C29H24FN5OS/c30-24-10-18(29(36)35-14-19-12-31-13-20(19)15-35)1-4-22(24)17-2-5-25-23(9-17)26(7-8-32-25)34-21-3-6-28-27(11-21)33-16-37-28/h1-11,16,19-20,31H,12-15H2,(H,32,34)/t19-,20+. The molecule has 0 aliphatic carbocycles. The summed E-state index contributed by atoms with van der Waals surface area (Å²) in [5.41, 5.74) is 6.98. The lowest BCUT2D eigenvalue weighted by Gasteiger charge is -2.18. The van der Waals surface area contributed by atoms with Gasteiger partial charge in [-0.2, -0.15) is 0 Å². The lowest BCUT2D eigenvalue weighted by atomic mass is 10.00. The van der Waals surface area contributed by atoms with E-state index >= 15 is 4.39 Å². The molecular weight excluding hydrogens is 485 g/mol. The molecule has 2 atom stereocenters. The first-order chi connectivity index (χ1) is 18.1. The first-order valence-electron chi connectivity index (χ1n) is 12.4. The lowest BCUT2D eigenvalue weighted by molar-refractivity contribution is 0.0781. The van der Waals surface area contributed by atoms with Crippen LogP contribution in [0.1, 0.15) is 10.4 Å². The number of nitrogens with zero attached hydrogens (tertiary/aromatic N) is 3. The third-order valence-corrected chi connectivity index (χ3v) is 8.36. The van der Waals surface area contributed by atoms with Gasteiger partial charge in [-0.3, -0.25) is 9.78 Å². The Morgan fingerprint density at radius 2 is 1.84 bits per heavy atom. The van der Waals surface area contributed by atoms with E-state index in [4.69, 9.17) is 0 Å². The number of rotatable bonds is 4. The third-order valence-electron chi connectivity index (χ3n) is 7.55. The van der Waals surface area contributed by atoms with E-state index in [0.717, 1.165) is 64.2 Å². The number of anilines is 2. The van der Waals surface area contributed by atoms with Crippen molar-refractivity contribution in [3.8, 4) is 11.1 Å². The summed E-state index contributed by atoms with van der Waals surface area (Å²) in [6.45, 7) is 3.38. The van der Waals surface area contributed by atoms with E-state index in [1.807, 2.05) is 52.9 Å². The molecule has 7 rings (SSSR count).